The average Bonchev–Trinajstić information content (AvgIpc) is 3.44. The van der Waals surface area contributed by atoms with Crippen molar-refractivity contribution in [2.75, 3.05) is 0 Å². The highest BCUT2D eigenvalue weighted by atomic mass is 15.1. The number of aromatic nitrogens is 3. The molecule has 0 saturated carbocycles. The van der Waals surface area contributed by atoms with Crippen molar-refractivity contribution in [2.24, 2.45) is 0 Å². The maximum absolute atomic E-state index is 5.16. The summed E-state index contributed by atoms with van der Waals surface area (Å²) in [5, 5.41) is 0. The second-order valence-electron chi connectivity index (χ2n) is 8.87. The molecule has 0 unspecified atom stereocenters. The lowest BCUT2D eigenvalue weighted by atomic mass is 9.74. The SMILES string of the molecule is c1ccc(-c2nc(-c3ccccc3)nc(C34CC(c5ccccc53)c3ccccc34)n2)cc1. The van der Waals surface area contributed by atoms with Crippen LogP contribution in [0.1, 0.15) is 40.4 Å². The molecule has 0 saturated heterocycles. The predicted octanol–water partition coefficient (Wildman–Crippen LogP) is 6.39. The molecule has 0 aliphatic heterocycles. The summed E-state index contributed by atoms with van der Waals surface area (Å²) in [6.45, 7) is 0. The van der Waals surface area contributed by atoms with Crippen LogP contribution in [0.15, 0.2) is 109 Å². The normalized spacial score (nSPS) is 19.8. The molecule has 0 atom stereocenters. The van der Waals surface area contributed by atoms with Gasteiger partial charge in [-0.2, -0.15) is 0 Å². The van der Waals surface area contributed by atoms with E-state index in [-0.39, 0.29) is 5.41 Å². The van der Waals surface area contributed by atoms with Gasteiger partial charge in [0, 0.05) is 17.0 Å². The highest BCUT2D eigenvalue weighted by molar-refractivity contribution is 5.68. The van der Waals surface area contributed by atoms with Gasteiger partial charge in [-0.3, -0.25) is 0 Å². The molecular formula is C30H21N3. The molecule has 2 aliphatic rings. The lowest BCUT2D eigenvalue weighted by molar-refractivity contribution is 0.588. The van der Waals surface area contributed by atoms with E-state index < -0.39 is 0 Å². The van der Waals surface area contributed by atoms with Gasteiger partial charge in [-0.05, 0) is 28.7 Å². The molecule has 0 fully saturated rings. The smallest absolute Gasteiger partial charge is 0.163 e. The molecule has 0 N–H and O–H groups in total. The molecule has 1 aromatic heterocycles. The number of benzene rings is 4. The van der Waals surface area contributed by atoms with Crippen LogP contribution < -0.4 is 0 Å². The van der Waals surface area contributed by atoms with Crippen LogP contribution in [0.5, 0.6) is 0 Å². The minimum absolute atomic E-state index is 0.353. The first-order valence-corrected chi connectivity index (χ1v) is 11.4. The highest BCUT2D eigenvalue weighted by Gasteiger charge is 2.55. The van der Waals surface area contributed by atoms with Crippen molar-refractivity contribution in [1.29, 1.82) is 0 Å². The summed E-state index contributed by atoms with van der Waals surface area (Å²) in [5.74, 6) is 2.67. The maximum atomic E-state index is 5.16. The number of fused-ring (bicyclic) bond motifs is 8. The molecule has 7 rings (SSSR count). The first kappa shape index (κ1) is 18.5. The van der Waals surface area contributed by atoms with Crippen LogP contribution in [0.4, 0.5) is 0 Å². The van der Waals surface area contributed by atoms with Crippen molar-refractivity contribution in [3.05, 3.63) is 137 Å². The lowest BCUT2D eigenvalue weighted by Crippen LogP contribution is -2.29. The third-order valence-corrected chi connectivity index (χ3v) is 7.18. The van der Waals surface area contributed by atoms with E-state index in [1.807, 2.05) is 36.4 Å². The Morgan fingerprint density at radius 1 is 0.515 bits per heavy atom. The summed E-state index contributed by atoms with van der Waals surface area (Å²) in [5.41, 5.74) is 7.12. The van der Waals surface area contributed by atoms with Crippen molar-refractivity contribution >= 4 is 0 Å². The summed E-state index contributed by atoms with van der Waals surface area (Å²) >= 11 is 0. The zero-order chi connectivity index (χ0) is 21.8. The van der Waals surface area contributed by atoms with Crippen LogP contribution in [0, 0.1) is 0 Å². The number of hydrogen-bond donors (Lipinski definition) is 0. The zero-order valence-electron chi connectivity index (χ0n) is 18.0. The van der Waals surface area contributed by atoms with Crippen molar-refractivity contribution in [3.63, 3.8) is 0 Å². The largest absolute Gasteiger partial charge is 0.212 e. The van der Waals surface area contributed by atoms with Crippen LogP contribution in [-0.4, -0.2) is 15.0 Å². The minimum atomic E-state index is -0.353. The molecule has 0 radical (unpaired) electrons. The minimum Gasteiger partial charge on any atom is -0.212 e. The second kappa shape index (κ2) is 6.94. The van der Waals surface area contributed by atoms with E-state index in [1.54, 1.807) is 0 Å². The fourth-order valence-electron chi connectivity index (χ4n) is 5.77. The monoisotopic (exact) mass is 423 g/mol. The van der Waals surface area contributed by atoms with Crippen molar-refractivity contribution in [2.45, 2.75) is 17.8 Å². The zero-order valence-corrected chi connectivity index (χ0v) is 18.0. The Balaban J connectivity index is 1.54. The van der Waals surface area contributed by atoms with Crippen molar-refractivity contribution in [1.82, 2.24) is 15.0 Å². The first-order valence-electron chi connectivity index (χ1n) is 11.4. The van der Waals surface area contributed by atoms with Crippen molar-refractivity contribution in [3.8, 4) is 22.8 Å². The van der Waals surface area contributed by atoms with Gasteiger partial charge < -0.3 is 0 Å². The van der Waals surface area contributed by atoms with Crippen LogP contribution >= 0.6 is 0 Å². The molecule has 4 aromatic carbocycles. The molecule has 2 bridgehead atoms. The molecule has 3 nitrogen and oxygen atoms in total. The fourth-order valence-corrected chi connectivity index (χ4v) is 5.77. The Labute approximate surface area is 192 Å². The Morgan fingerprint density at radius 3 is 1.48 bits per heavy atom. The summed E-state index contributed by atoms with van der Waals surface area (Å²) < 4.78 is 0. The van der Waals surface area contributed by atoms with Crippen LogP contribution in [0.3, 0.4) is 0 Å². The van der Waals surface area contributed by atoms with Gasteiger partial charge in [-0.15, -0.1) is 0 Å². The summed E-state index contributed by atoms with van der Waals surface area (Å²) in [4.78, 5) is 15.2. The molecule has 3 heteroatoms. The second-order valence-corrected chi connectivity index (χ2v) is 8.87. The molecular weight excluding hydrogens is 402 g/mol. The predicted molar refractivity (Wildman–Crippen MR) is 130 cm³/mol. The van der Waals surface area contributed by atoms with Crippen LogP contribution in [0.2, 0.25) is 0 Å². The number of hydrogen-bond acceptors (Lipinski definition) is 3. The summed E-state index contributed by atoms with van der Waals surface area (Å²) in [6.07, 6.45) is 0.970. The Morgan fingerprint density at radius 2 is 0.970 bits per heavy atom. The summed E-state index contributed by atoms with van der Waals surface area (Å²) in [6, 6.07) is 38.1. The standard InChI is InChI=1S/C30H21N3/c1-3-11-20(12-4-1)27-31-28(21-13-5-2-6-14-21)33-29(32-27)30-19-24(22-15-7-9-17-25(22)30)23-16-8-10-18-26(23)30/h1-18,24H,19H2. The Hall–Kier alpha value is -4.11. The van der Waals surface area contributed by atoms with Gasteiger partial charge >= 0.3 is 0 Å². The number of nitrogens with zero attached hydrogens (tertiary/aromatic N) is 3. The van der Waals surface area contributed by atoms with Gasteiger partial charge in [0.1, 0.15) is 5.82 Å². The fraction of sp³-hybridized carbons (Fsp3) is 0.100. The quantitative estimate of drug-likeness (QED) is 0.338. The van der Waals surface area contributed by atoms with E-state index in [0.29, 0.717) is 5.92 Å². The van der Waals surface area contributed by atoms with Crippen molar-refractivity contribution < 1.29 is 0 Å². The van der Waals surface area contributed by atoms with E-state index in [4.69, 9.17) is 15.0 Å². The first-order chi connectivity index (χ1) is 16.3. The van der Waals surface area contributed by atoms with Gasteiger partial charge in [-0.25, -0.2) is 15.0 Å². The number of rotatable bonds is 3. The van der Waals surface area contributed by atoms with Gasteiger partial charge in [0.15, 0.2) is 11.6 Å². The van der Waals surface area contributed by atoms with E-state index in [2.05, 4.69) is 72.8 Å². The highest BCUT2D eigenvalue weighted by Crippen LogP contribution is 2.62. The van der Waals surface area contributed by atoms with Gasteiger partial charge in [0.2, 0.25) is 0 Å². The van der Waals surface area contributed by atoms with Crippen LogP contribution in [-0.2, 0) is 5.41 Å². The molecule has 156 valence electrons. The van der Waals surface area contributed by atoms with E-state index in [9.17, 15) is 0 Å². The topological polar surface area (TPSA) is 38.7 Å². The Kier molecular flexibility index (Phi) is 3.88. The third kappa shape index (κ3) is 2.59. The molecule has 33 heavy (non-hydrogen) atoms. The molecule has 5 aromatic rings. The van der Waals surface area contributed by atoms with Crippen LogP contribution in [0.25, 0.3) is 22.8 Å². The van der Waals surface area contributed by atoms with Gasteiger partial charge in [0.05, 0.1) is 5.41 Å². The van der Waals surface area contributed by atoms with E-state index >= 15 is 0 Å². The van der Waals surface area contributed by atoms with E-state index in [1.165, 1.54) is 22.3 Å². The van der Waals surface area contributed by atoms with Gasteiger partial charge in [-0.1, -0.05) is 109 Å². The third-order valence-electron chi connectivity index (χ3n) is 7.18. The molecule has 1 heterocycles. The molecule has 2 aliphatic carbocycles. The molecule has 0 amide bonds. The summed E-state index contributed by atoms with van der Waals surface area (Å²) in [7, 11) is 0. The lowest BCUT2D eigenvalue weighted by Gasteiger charge is -2.30. The Bertz CT molecular complexity index is 1390. The van der Waals surface area contributed by atoms with E-state index in [0.717, 1.165) is 35.0 Å². The maximum Gasteiger partial charge on any atom is 0.163 e. The molecule has 0 spiro atoms. The average molecular weight is 424 g/mol. The van der Waals surface area contributed by atoms with Gasteiger partial charge in [0.25, 0.3) is 0 Å².